The Morgan fingerprint density at radius 3 is 2.69 bits per heavy atom. The second-order valence-electron chi connectivity index (χ2n) is 9.63. The molecular weight excluding hydrogens is 384 g/mol. The van der Waals surface area contributed by atoms with Crippen LogP contribution >= 0.6 is 11.8 Å². The van der Waals surface area contributed by atoms with Crippen molar-refractivity contribution in [2.24, 2.45) is 16.8 Å². The molecule has 2 N–H and O–H groups in total. The van der Waals surface area contributed by atoms with E-state index in [1.165, 1.54) is 32.1 Å². The van der Waals surface area contributed by atoms with Gasteiger partial charge in [-0.05, 0) is 82.3 Å². The van der Waals surface area contributed by atoms with Crippen LogP contribution in [-0.4, -0.2) is 50.2 Å². The van der Waals surface area contributed by atoms with E-state index in [-0.39, 0.29) is 17.4 Å². The largest absolute Gasteiger partial charge is 0.359 e. The van der Waals surface area contributed by atoms with Crippen LogP contribution in [0.5, 0.6) is 0 Å². The van der Waals surface area contributed by atoms with Gasteiger partial charge >= 0.3 is 0 Å². The molecule has 7 heteroatoms. The molecule has 29 heavy (non-hydrogen) atoms. The lowest BCUT2D eigenvalue weighted by Crippen LogP contribution is -2.44. The lowest BCUT2D eigenvalue weighted by Gasteiger charge is -2.35. The minimum absolute atomic E-state index is 0.0128. The van der Waals surface area contributed by atoms with E-state index >= 15 is 0 Å². The van der Waals surface area contributed by atoms with E-state index in [2.05, 4.69) is 22.2 Å². The molecule has 0 spiro atoms. The Morgan fingerprint density at radius 1 is 1.31 bits per heavy atom. The summed E-state index contributed by atoms with van der Waals surface area (Å²) in [5, 5.41) is 4.53. The van der Waals surface area contributed by atoms with Gasteiger partial charge in [-0.2, -0.15) is 4.99 Å². The summed E-state index contributed by atoms with van der Waals surface area (Å²) >= 11 is 1.64. The van der Waals surface area contributed by atoms with E-state index in [9.17, 15) is 9.59 Å². The normalized spacial score (nSPS) is 34.7. The van der Waals surface area contributed by atoms with Crippen LogP contribution in [0, 0.1) is 11.8 Å². The number of carbonyl (C=O) groups is 2. The average molecular weight is 415 g/mol. The summed E-state index contributed by atoms with van der Waals surface area (Å²) < 4.78 is -0.466. The first-order chi connectivity index (χ1) is 13.9. The molecule has 2 saturated carbocycles. The maximum absolute atomic E-state index is 12.8. The highest BCUT2D eigenvalue weighted by atomic mass is 32.2. The lowest BCUT2D eigenvalue weighted by atomic mass is 9.87. The number of amidine groups is 1. The lowest BCUT2D eigenvalue weighted by molar-refractivity contribution is -0.119. The van der Waals surface area contributed by atoms with Gasteiger partial charge in [0.1, 0.15) is 10.4 Å². The molecule has 1 aromatic heterocycles. The number of aromatic nitrogens is 1. The van der Waals surface area contributed by atoms with E-state index in [4.69, 9.17) is 0 Å². The van der Waals surface area contributed by atoms with E-state index < -0.39 is 4.75 Å². The fourth-order valence-electron chi connectivity index (χ4n) is 5.79. The van der Waals surface area contributed by atoms with Crippen LogP contribution in [0.3, 0.4) is 0 Å². The highest BCUT2D eigenvalue weighted by molar-refractivity contribution is 8.16. The number of rotatable bonds is 4. The summed E-state index contributed by atoms with van der Waals surface area (Å²) in [5.74, 6) is 1.42. The van der Waals surface area contributed by atoms with Crippen molar-refractivity contribution in [1.82, 2.24) is 15.2 Å². The van der Waals surface area contributed by atoms with E-state index in [0.717, 1.165) is 43.4 Å². The van der Waals surface area contributed by atoms with E-state index in [1.807, 2.05) is 17.0 Å². The molecule has 1 saturated heterocycles. The third-order valence-corrected chi connectivity index (χ3v) is 8.68. The quantitative estimate of drug-likeness (QED) is 0.790. The van der Waals surface area contributed by atoms with Gasteiger partial charge in [-0.15, -0.1) is 0 Å². The molecular formula is C22H30N4O2S. The molecule has 3 heterocycles. The van der Waals surface area contributed by atoms with Crippen molar-refractivity contribution in [3.05, 3.63) is 24.0 Å². The fraction of sp³-hybridized carbons (Fsp3) is 0.682. The predicted molar refractivity (Wildman–Crippen MR) is 115 cm³/mol. The van der Waals surface area contributed by atoms with Gasteiger partial charge in [-0.3, -0.25) is 9.59 Å². The van der Waals surface area contributed by atoms with Crippen LogP contribution in [0.1, 0.15) is 68.8 Å². The Kier molecular flexibility index (Phi) is 4.76. The molecule has 2 bridgehead atoms. The number of fused-ring (bicyclic) bond motifs is 2. The van der Waals surface area contributed by atoms with Crippen molar-refractivity contribution < 1.29 is 9.59 Å². The predicted octanol–water partition coefficient (Wildman–Crippen LogP) is 3.57. The number of hydrogen-bond donors (Lipinski definition) is 2. The number of nitrogens with zero attached hydrogens (tertiary/aromatic N) is 2. The second kappa shape index (κ2) is 7.18. The standard InChI is InChI=1S/C22H30N4O2S/c1-21(13-16-6-11-26(12-7-16)18(27)17-3-2-10-23-17)19(28)24-20(29-21)25-22-8-4-15(14-22)5-9-22/h2-3,10,15-16,23H,4-9,11-14H2,1H3,(H,24,25,28)/t15?,21-,22?/m0/s1. The topological polar surface area (TPSA) is 77.6 Å². The van der Waals surface area contributed by atoms with Crippen LogP contribution in [0.25, 0.3) is 0 Å². The SMILES string of the molecule is C[C@@]1(CC2CCN(C(=O)c3ccc[nH]3)CC2)SC(NC23CCC(CC2)C3)=NC1=O. The van der Waals surface area contributed by atoms with Crippen molar-refractivity contribution in [3.8, 4) is 0 Å². The number of thioether (sulfide) groups is 1. The number of aromatic amines is 1. The number of hydrogen-bond acceptors (Lipinski definition) is 4. The fourth-order valence-corrected chi connectivity index (χ4v) is 7.07. The van der Waals surface area contributed by atoms with Crippen molar-refractivity contribution >= 4 is 28.7 Å². The Bertz CT molecular complexity index is 820. The van der Waals surface area contributed by atoms with Crippen LogP contribution < -0.4 is 5.32 Å². The summed E-state index contributed by atoms with van der Waals surface area (Å²) in [5.41, 5.74) is 0.854. The van der Waals surface area contributed by atoms with E-state index in [1.54, 1.807) is 18.0 Å². The number of nitrogens with one attached hydrogen (secondary N) is 2. The first kappa shape index (κ1) is 19.2. The van der Waals surface area contributed by atoms with Gasteiger partial charge < -0.3 is 15.2 Å². The number of piperidine rings is 1. The van der Waals surface area contributed by atoms with Gasteiger partial charge in [0.25, 0.3) is 11.8 Å². The van der Waals surface area contributed by atoms with Crippen LogP contribution in [0.2, 0.25) is 0 Å². The minimum Gasteiger partial charge on any atom is -0.359 e. The molecule has 2 aliphatic carbocycles. The number of likely N-dealkylation sites (tertiary alicyclic amines) is 1. The smallest absolute Gasteiger partial charge is 0.270 e. The van der Waals surface area contributed by atoms with Crippen LogP contribution in [0.4, 0.5) is 0 Å². The molecule has 2 aliphatic heterocycles. The summed E-state index contributed by atoms with van der Waals surface area (Å²) in [6.07, 6.45) is 10.8. The summed E-state index contributed by atoms with van der Waals surface area (Å²) in [6, 6.07) is 3.68. The first-order valence-electron chi connectivity index (χ1n) is 11.0. The number of carbonyl (C=O) groups excluding carboxylic acids is 2. The Balaban J connectivity index is 1.15. The zero-order valence-corrected chi connectivity index (χ0v) is 17.9. The molecule has 0 radical (unpaired) electrons. The van der Waals surface area contributed by atoms with Crippen LogP contribution in [-0.2, 0) is 4.79 Å². The monoisotopic (exact) mass is 414 g/mol. The first-order valence-corrected chi connectivity index (χ1v) is 11.8. The Hall–Kier alpha value is -1.76. The van der Waals surface area contributed by atoms with Crippen LogP contribution in [0.15, 0.2) is 23.3 Å². The highest BCUT2D eigenvalue weighted by Crippen LogP contribution is 2.49. The molecule has 0 unspecified atom stereocenters. The third kappa shape index (κ3) is 3.62. The zero-order chi connectivity index (χ0) is 20.1. The zero-order valence-electron chi connectivity index (χ0n) is 17.1. The maximum atomic E-state index is 12.8. The Morgan fingerprint density at radius 2 is 2.07 bits per heavy atom. The highest BCUT2D eigenvalue weighted by Gasteiger charge is 2.49. The summed E-state index contributed by atoms with van der Waals surface area (Å²) in [7, 11) is 0. The van der Waals surface area contributed by atoms with Crippen molar-refractivity contribution in [1.29, 1.82) is 0 Å². The molecule has 2 amide bonds. The van der Waals surface area contributed by atoms with Gasteiger partial charge in [-0.25, -0.2) is 0 Å². The Labute approximate surface area is 176 Å². The molecule has 6 nitrogen and oxygen atoms in total. The van der Waals surface area contributed by atoms with Gasteiger partial charge in [0.15, 0.2) is 5.17 Å². The number of H-pyrrole nitrogens is 1. The van der Waals surface area contributed by atoms with Crippen molar-refractivity contribution in [3.63, 3.8) is 0 Å². The molecule has 4 aliphatic rings. The van der Waals surface area contributed by atoms with Gasteiger partial charge in [0.2, 0.25) is 0 Å². The average Bonchev–Trinajstić information content (AvgIpc) is 3.48. The number of aliphatic imine (C=N–C) groups is 1. The molecule has 5 rings (SSSR count). The number of amides is 2. The molecule has 1 atom stereocenters. The van der Waals surface area contributed by atoms with Crippen molar-refractivity contribution in [2.45, 2.75) is 68.6 Å². The van der Waals surface area contributed by atoms with Gasteiger partial charge in [0, 0.05) is 24.8 Å². The molecule has 1 aromatic rings. The maximum Gasteiger partial charge on any atom is 0.270 e. The minimum atomic E-state index is -0.466. The summed E-state index contributed by atoms with van der Waals surface area (Å²) in [6.45, 7) is 3.57. The van der Waals surface area contributed by atoms with E-state index in [0.29, 0.717) is 11.6 Å². The molecule has 0 aromatic carbocycles. The third-order valence-electron chi connectivity index (χ3n) is 7.50. The second-order valence-corrected chi connectivity index (χ2v) is 11.1. The van der Waals surface area contributed by atoms with Crippen molar-refractivity contribution in [2.75, 3.05) is 13.1 Å². The van der Waals surface area contributed by atoms with Gasteiger partial charge in [0.05, 0.1) is 0 Å². The van der Waals surface area contributed by atoms with Gasteiger partial charge in [-0.1, -0.05) is 11.8 Å². The molecule has 156 valence electrons. The molecule has 3 fully saturated rings. The summed E-state index contributed by atoms with van der Waals surface area (Å²) in [4.78, 5) is 34.6.